The lowest BCUT2D eigenvalue weighted by Gasteiger charge is -2.32. The second-order valence-electron chi connectivity index (χ2n) is 3.75. The predicted octanol–water partition coefficient (Wildman–Crippen LogP) is 0.707. The summed E-state index contributed by atoms with van der Waals surface area (Å²) in [6.45, 7) is 1.53. The van der Waals surface area contributed by atoms with E-state index in [9.17, 15) is 30.0 Å². The van der Waals surface area contributed by atoms with Crippen molar-refractivity contribution < 1.29 is 38.4 Å². The molecule has 0 aromatic rings. The smallest absolute Gasteiger partial charge is 0.235 e. The first-order valence-corrected chi connectivity index (χ1v) is 7.02. The number of hydrogen-bond acceptors (Lipinski definition) is 6. The molecule has 0 unspecified atom stereocenters. The minimum absolute atomic E-state index is 0.765. The van der Waals surface area contributed by atoms with E-state index in [-0.39, 0.29) is 0 Å². The Bertz CT molecular complexity index is 464. The summed E-state index contributed by atoms with van der Waals surface area (Å²) in [5.41, 5.74) is 0. The van der Waals surface area contributed by atoms with Gasteiger partial charge in [-0.3, -0.25) is 0 Å². The SMILES string of the molecule is CC1(C)S(=O)(=O)OC(CC(F)(F)F)OS1(=O)=O. The molecular formula is C6H9F3O6S2. The van der Waals surface area contributed by atoms with Gasteiger partial charge in [0.05, 0.1) is 6.42 Å². The van der Waals surface area contributed by atoms with Gasteiger partial charge in [-0.1, -0.05) is 0 Å². The Labute approximate surface area is 96.0 Å². The lowest BCUT2D eigenvalue weighted by atomic mass is 10.4. The van der Waals surface area contributed by atoms with Crippen LogP contribution < -0.4 is 0 Å². The summed E-state index contributed by atoms with van der Waals surface area (Å²) >= 11 is 0. The van der Waals surface area contributed by atoms with Gasteiger partial charge in [-0.25, -0.2) is 8.37 Å². The molecule has 6 nitrogen and oxygen atoms in total. The zero-order valence-electron chi connectivity index (χ0n) is 8.68. The van der Waals surface area contributed by atoms with Gasteiger partial charge < -0.3 is 0 Å². The van der Waals surface area contributed by atoms with Crippen LogP contribution >= 0.6 is 0 Å². The molecule has 0 bridgehead atoms. The Morgan fingerprint density at radius 3 is 1.71 bits per heavy atom. The van der Waals surface area contributed by atoms with Crippen molar-refractivity contribution in [2.75, 3.05) is 0 Å². The third kappa shape index (κ3) is 2.72. The maximum atomic E-state index is 12.0. The van der Waals surface area contributed by atoms with Crippen molar-refractivity contribution in [2.24, 2.45) is 0 Å². The van der Waals surface area contributed by atoms with Crippen LogP contribution in [0.3, 0.4) is 0 Å². The maximum Gasteiger partial charge on any atom is 0.394 e. The first kappa shape index (κ1) is 14.7. The van der Waals surface area contributed by atoms with E-state index in [4.69, 9.17) is 0 Å². The van der Waals surface area contributed by atoms with Crippen LogP contribution in [0.4, 0.5) is 13.2 Å². The molecule has 0 aromatic heterocycles. The highest BCUT2D eigenvalue weighted by molar-refractivity contribution is 8.06. The average Bonchev–Trinajstić information content (AvgIpc) is 1.95. The first-order valence-electron chi connectivity index (χ1n) is 4.21. The molecule has 0 aliphatic carbocycles. The maximum absolute atomic E-state index is 12.0. The normalized spacial score (nSPS) is 27.8. The van der Waals surface area contributed by atoms with E-state index in [1.807, 2.05) is 0 Å². The molecule has 0 saturated carbocycles. The quantitative estimate of drug-likeness (QED) is 0.663. The summed E-state index contributed by atoms with van der Waals surface area (Å²) < 4.78 is 87.1. The second-order valence-corrected chi connectivity index (χ2v) is 8.25. The van der Waals surface area contributed by atoms with Crippen LogP contribution in [0, 0.1) is 0 Å². The fourth-order valence-corrected chi connectivity index (χ4v) is 3.44. The van der Waals surface area contributed by atoms with Crippen molar-refractivity contribution in [2.45, 2.75) is 36.8 Å². The molecule has 1 aliphatic rings. The minimum Gasteiger partial charge on any atom is -0.235 e. The number of halogens is 3. The molecule has 102 valence electrons. The topological polar surface area (TPSA) is 86.7 Å². The van der Waals surface area contributed by atoms with Crippen LogP contribution in [0.5, 0.6) is 0 Å². The Hall–Kier alpha value is -0.390. The molecule has 1 rings (SSSR count). The van der Waals surface area contributed by atoms with Crippen molar-refractivity contribution >= 4 is 20.2 Å². The molecule has 0 amide bonds. The largest absolute Gasteiger partial charge is 0.394 e. The van der Waals surface area contributed by atoms with E-state index < -0.39 is 43.2 Å². The molecule has 1 saturated heterocycles. The van der Waals surface area contributed by atoms with Crippen molar-refractivity contribution in [1.82, 2.24) is 0 Å². The molecule has 0 radical (unpaired) electrons. The second kappa shape index (κ2) is 3.80. The molecule has 1 heterocycles. The summed E-state index contributed by atoms with van der Waals surface area (Å²) in [5.74, 6) is 0. The molecule has 17 heavy (non-hydrogen) atoms. The lowest BCUT2D eigenvalue weighted by Crippen LogP contribution is -2.51. The van der Waals surface area contributed by atoms with Crippen LogP contribution in [0.25, 0.3) is 0 Å². The number of rotatable bonds is 1. The highest BCUT2D eigenvalue weighted by Gasteiger charge is 2.56. The average molecular weight is 298 g/mol. The molecule has 0 aromatic carbocycles. The summed E-state index contributed by atoms with van der Waals surface area (Å²) in [5, 5.41) is 0. The fourth-order valence-electron chi connectivity index (χ4n) is 0.912. The molecule has 0 N–H and O–H groups in total. The fraction of sp³-hybridized carbons (Fsp3) is 1.00. The van der Waals surface area contributed by atoms with E-state index in [0.29, 0.717) is 0 Å². The Morgan fingerprint density at radius 1 is 1.06 bits per heavy atom. The van der Waals surface area contributed by atoms with Gasteiger partial charge in [0.25, 0.3) is 20.2 Å². The van der Waals surface area contributed by atoms with Crippen LogP contribution in [0.2, 0.25) is 0 Å². The Kier molecular flexibility index (Phi) is 3.28. The molecule has 1 fully saturated rings. The summed E-state index contributed by atoms with van der Waals surface area (Å²) in [4.78, 5) is 0. The van der Waals surface area contributed by atoms with E-state index in [1.54, 1.807) is 0 Å². The van der Waals surface area contributed by atoms with E-state index in [0.717, 1.165) is 13.8 Å². The number of alkyl halides is 3. The van der Waals surface area contributed by atoms with E-state index >= 15 is 0 Å². The minimum atomic E-state index is -4.81. The van der Waals surface area contributed by atoms with E-state index in [1.165, 1.54) is 0 Å². The third-order valence-electron chi connectivity index (χ3n) is 2.07. The molecule has 0 spiro atoms. The van der Waals surface area contributed by atoms with Gasteiger partial charge in [0.2, 0.25) is 10.4 Å². The molecule has 11 heteroatoms. The van der Waals surface area contributed by atoms with Crippen LogP contribution in [-0.2, 0) is 28.6 Å². The summed E-state index contributed by atoms with van der Waals surface area (Å²) in [6.07, 6.45) is -9.04. The zero-order chi connectivity index (χ0) is 13.7. The van der Waals surface area contributed by atoms with Gasteiger partial charge in [-0.2, -0.15) is 30.0 Å². The molecule has 1 aliphatic heterocycles. The number of hydrogen-bond donors (Lipinski definition) is 0. The lowest BCUT2D eigenvalue weighted by molar-refractivity contribution is -0.175. The highest BCUT2D eigenvalue weighted by atomic mass is 32.3. The van der Waals surface area contributed by atoms with E-state index in [2.05, 4.69) is 8.37 Å². The third-order valence-corrected chi connectivity index (χ3v) is 6.64. The van der Waals surface area contributed by atoms with Crippen LogP contribution in [-0.4, -0.2) is 33.4 Å². The van der Waals surface area contributed by atoms with Crippen molar-refractivity contribution in [3.8, 4) is 0 Å². The van der Waals surface area contributed by atoms with Gasteiger partial charge >= 0.3 is 6.18 Å². The summed E-state index contributed by atoms with van der Waals surface area (Å²) in [6, 6.07) is 0. The van der Waals surface area contributed by atoms with Gasteiger partial charge in [-0.05, 0) is 13.8 Å². The van der Waals surface area contributed by atoms with Gasteiger partial charge in [0.15, 0.2) is 0 Å². The van der Waals surface area contributed by atoms with Crippen LogP contribution in [0.1, 0.15) is 20.3 Å². The first-order chi connectivity index (χ1) is 7.29. The van der Waals surface area contributed by atoms with Crippen molar-refractivity contribution in [3.05, 3.63) is 0 Å². The highest BCUT2D eigenvalue weighted by Crippen LogP contribution is 2.37. The Morgan fingerprint density at radius 2 is 1.41 bits per heavy atom. The molecule has 0 atom stereocenters. The van der Waals surface area contributed by atoms with Crippen molar-refractivity contribution in [3.63, 3.8) is 0 Å². The predicted molar refractivity (Wildman–Crippen MR) is 48.5 cm³/mol. The monoisotopic (exact) mass is 298 g/mol. The Balaban J connectivity index is 3.11. The molecular weight excluding hydrogens is 289 g/mol. The van der Waals surface area contributed by atoms with Gasteiger partial charge in [0.1, 0.15) is 0 Å². The van der Waals surface area contributed by atoms with Gasteiger partial charge in [0, 0.05) is 0 Å². The summed E-state index contributed by atoms with van der Waals surface area (Å²) in [7, 11) is -9.41. The van der Waals surface area contributed by atoms with Crippen molar-refractivity contribution in [1.29, 1.82) is 0 Å². The zero-order valence-corrected chi connectivity index (χ0v) is 10.3. The standard InChI is InChI=1S/C6H9F3O6S2/c1-5(2)16(10,11)14-4(3-6(7,8)9)15-17(5,12)13/h4H,3H2,1-2H3. The van der Waals surface area contributed by atoms with Gasteiger partial charge in [-0.15, -0.1) is 0 Å². The van der Waals surface area contributed by atoms with Crippen LogP contribution in [0.15, 0.2) is 0 Å².